The number of fused-ring (bicyclic) bond motifs is 4. The lowest BCUT2D eigenvalue weighted by Crippen LogP contribution is -2.40. The first-order valence-electron chi connectivity index (χ1n) is 17.1. The second-order valence-electron chi connectivity index (χ2n) is 14.1. The minimum atomic E-state index is -0.870. The number of aliphatic carboxylic acids is 1. The summed E-state index contributed by atoms with van der Waals surface area (Å²) in [5.74, 6) is -0.322. The van der Waals surface area contributed by atoms with Gasteiger partial charge in [0.25, 0.3) is 5.91 Å². The summed E-state index contributed by atoms with van der Waals surface area (Å²) in [6.45, 7) is 5.33. The van der Waals surface area contributed by atoms with Gasteiger partial charge in [-0.2, -0.15) is 0 Å². The third kappa shape index (κ3) is 5.06. The van der Waals surface area contributed by atoms with Gasteiger partial charge >= 0.3 is 12.0 Å². The maximum absolute atomic E-state index is 13.8. The summed E-state index contributed by atoms with van der Waals surface area (Å²) in [7, 11) is 1.61. The van der Waals surface area contributed by atoms with Crippen LogP contribution in [0.5, 0.6) is 5.88 Å². The van der Waals surface area contributed by atoms with Gasteiger partial charge in [0.1, 0.15) is 17.0 Å². The van der Waals surface area contributed by atoms with E-state index < -0.39 is 11.9 Å². The van der Waals surface area contributed by atoms with E-state index in [0.717, 1.165) is 72.5 Å². The normalized spacial score (nSPS) is 24.2. The smallest absolute Gasteiger partial charge is 0.317 e. The summed E-state index contributed by atoms with van der Waals surface area (Å²) in [6.07, 6.45) is 5.56. The predicted molar refractivity (Wildman–Crippen MR) is 178 cm³/mol. The molecule has 4 aromatic rings. The van der Waals surface area contributed by atoms with E-state index in [4.69, 9.17) is 20.4 Å². The molecule has 252 valence electrons. The zero-order valence-electron chi connectivity index (χ0n) is 27.6. The van der Waals surface area contributed by atoms with E-state index in [1.807, 2.05) is 47.4 Å². The SMILES string of the molecule is COc1cc(C(=O)N2[C@H]3CC[C@@H]2[C@H](N)C3)cc2nc(-c3cc4ccc([C@@H](C)NC(=O)N5CCC(C(=O)O)C5)nc4n3CC3CC3)c(C)n12. The zero-order chi connectivity index (χ0) is 33.4. The Morgan fingerprint density at radius 2 is 1.92 bits per heavy atom. The fraction of sp³-hybridized carbons (Fsp3) is 0.514. The van der Waals surface area contributed by atoms with E-state index >= 15 is 0 Å². The number of rotatable bonds is 8. The van der Waals surface area contributed by atoms with Crippen LogP contribution in [0, 0.1) is 18.8 Å². The Bertz CT molecular complexity index is 1960. The quantitative estimate of drug-likeness (QED) is 0.257. The number of pyridine rings is 2. The van der Waals surface area contributed by atoms with Crippen LogP contribution in [0.25, 0.3) is 28.1 Å². The number of aryl methyl sites for hydroxylation is 1. The van der Waals surface area contributed by atoms with Crippen molar-refractivity contribution in [2.75, 3.05) is 20.2 Å². The fourth-order valence-corrected chi connectivity index (χ4v) is 8.11. The molecule has 0 spiro atoms. The molecule has 4 aliphatic rings. The average Bonchev–Trinajstić information content (AvgIpc) is 3.45. The summed E-state index contributed by atoms with van der Waals surface area (Å²) in [4.78, 5) is 51.9. The Hall–Kier alpha value is -4.65. The molecule has 1 saturated carbocycles. The van der Waals surface area contributed by atoms with Crippen LogP contribution in [0.2, 0.25) is 0 Å². The average molecular weight is 655 g/mol. The van der Waals surface area contributed by atoms with Crippen molar-refractivity contribution < 1.29 is 24.2 Å². The Morgan fingerprint density at radius 1 is 1.10 bits per heavy atom. The number of imidazole rings is 1. The highest BCUT2D eigenvalue weighted by Crippen LogP contribution is 2.40. The van der Waals surface area contributed by atoms with E-state index in [1.165, 1.54) is 0 Å². The van der Waals surface area contributed by atoms with Gasteiger partial charge in [-0.15, -0.1) is 0 Å². The first-order chi connectivity index (χ1) is 23.1. The topological polar surface area (TPSA) is 160 Å². The summed E-state index contributed by atoms with van der Waals surface area (Å²) in [6, 6.07) is 9.37. The standard InChI is InChI=1S/C35H42N8O5/c1-18(37-35(47)40-11-10-22(17-40)34(45)46)26-8-6-21-12-28(41(32(21)38-26)16-20-4-5-20)31-19(2)42-29(39-31)13-23(14-30(42)48-3)33(44)43-24-7-9-27(43)25(36)15-24/h6,8,12-14,18,20,22,24-25,27H,4-5,7,9-11,15-17,36H2,1-3H3,(H,37,47)(H,45,46)/t18-,22?,24+,25-,27-/m1/s1. The van der Waals surface area contributed by atoms with Gasteiger partial charge in [-0.1, -0.05) is 0 Å². The lowest BCUT2D eigenvalue weighted by atomic mass is 9.97. The first-order valence-corrected chi connectivity index (χ1v) is 17.1. The first kappa shape index (κ1) is 30.7. The highest BCUT2D eigenvalue weighted by Gasteiger charge is 2.47. The molecule has 4 fully saturated rings. The molecule has 3 saturated heterocycles. The molecule has 7 heterocycles. The van der Waals surface area contributed by atoms with Crippen molar-refractivity contribution in [3.05, 3.63) is 47.3 Å². The highest BCUT2D eigenvalue weighted by atomic mass is 16.5. The Kier molecular flexibility index (Phi) is 7.35. The van der Waals surface area contributed by atoms with Crippen molar-refractivity contribution in [1.29, 1.82) is 0 Å². The number of carboxylic acids is 1. The van der Waals surface area contributed by atoms with Gasteiger partial charge in [0.15, 0.2) is 5.88 Å². The number of hydrogen-bond donors (Lipinski definition) is 3. The van der Waals surface area contributed by atoms with Gasteiger partial charge in [0.2, 0.25) is 0 Å². The second kappa shape index (κ2) is 11.5. The van der Waals surface area contributed by atoms with Crippen LogP contribution in [-0.2, 0) is 11.3 Å². The van der Waals surface area contributed by atoms with Crippen LogP contribution in [0.1, 0.15) is 73.2 Å². The summed E-state index contributed by atoms with van der Waals surface area (Å²) in [5, 5.41) is 13.3. The molecule has 0 radical (unpaired) electrons. The summed E-state index contributed by atoms with van der Waals surface area (Å²) < 4.78 is 10.0. The number of nitrogens with two attached hydrogens (primary N) is 1. The molecule has 3 amide bonds. The van der Waals surface area contributed by atoms with Crippen molar-refractivity contribution in [1.82, 2.24) is 34.1 Å². The number of carbonyl (C=O) groups is 3. The van der Waals surface area contributed by atoms with Crippen molar-refractivity contribution in [2.45, 2.75) is 83.1 Å². The van der Waals surface area contributed by atoms with Crippen LogP contribution in [0.4, 0.5) is 4.79 Å². The molecular formula is C35H42N8O5. The van der Waals surface area contributed by atoms with Crippen LogP contribution >= 0.6 is 0 Å². The largest absolute Gasteiger partial charge is 0.482 e. The van der Waals surface area contributed by atoms with Crippen LogP contribution < -0.4 is 15.8 Å². The minimum absolute atomic E-state index is 0.0225. The molecule has 5 atom stereocenters. The second-order valence-corrected chi connectivity index (χ2v) is 14.1. The number of amides is 3. The maximum Gasteiger partial charge on any atom is 0.317 e. The number of hydrogen-bond acceptors (Lipinski definition) is 7. The van der Waals surface area contributed by atoms with Gasteiger partial charge in [-0.05, 0) is 82.6 Å². The molecule has 8 rings (SSSR count). The van der Waals surface area contributed by atoms with E-state index in [1.54, 1.807) is 12.0 Å². The van der Waals surface area contributed by atoms with E-state index in [9.17, 15) is 19.5 Å². The third-order valence-corrected chi connectivity index (χ3v) is 10.9. The maximum atomic E-state index is 13.8. The molecule has 48 heavy (non-hydrogen) atoms. The number of nitrogens with one attached hydrogen (secondary N) is 1. The number of nitrogens with zero attached hydrogens (tertiary/aromatic N) is 6. The number of methoxy groups -OCH3 is 1. The molecule has 4 aromatic heterocycles. The minimum Gasteiger partial charge on any atom is -0.482 e. The Balaban J connectivity index is 1.13. The Morgan fingerprint density at radius 3 is 2.58 bits per heavy atom. The van der Waals surface area contributed by atoms with Crippen LogP contribution in [0.15, 0.2) is 30.3 Å². The molecule has 4 N–H and O–H groups in total. The van der Waals surface area contributed by atoms with E-state index in [2.05, 4.69) is 16.0 Å². The van der Waals surface area contributed by atoms with Crippen molar-refractivity contribution in [3.8, 4) is 17.3 Å². The summed E-state index contributed by atoms with van der Waals surface area (Å²) >= 11 is 0. The monoisotopic (exact) mass is 654 g/mol. The molecular weight excluding hydrogens is 612 g/mol. The molecule has 2 bridgehead atoms. The van der Waals surface area contributed by atoms with Gasteiger partial charge in [-0.3, -0.25) is 14.0 Å². The number of ether oxygens (including phenoxy) is 1. The van der Waals surface area contributed by atoms with Crippen molar-refractivity contribution in [3.63, 3.8) is 0 Å². The fourth-order valence-electron chi connectivity index (χ4n) is 8.11. The lowest BCUT2D eigenvalue weighted by Gasteiger charge is -2.23. The number of carboxylic acid groups (broad SMARTS) is 1. The lowest BCUT2D eigenvalue weighted by molar-refractivity contribution is -0.141. The van der Waals surface area contributed by atoms with Gasteiger partial charge in [0, 0.05) is 54.8 Å². The molecule has 1 aliphatic carbocycles. The number of urea groups is 1. The molecule has 3 aliphatic heterocycles. The summed E-state index contributed by atoms with van der Waals surface area (Å²) in [5.41, 5.74) is 11.7. The van der Waals surface area contributed by atoms with Crippen LogP contribution in [-0.4, -0.2) is 90.1 Å². The predicted octanol–water partition coefficient (Wildman–Crippen LogP) is 3.96. The molecule has 13 heteroatoms. The molecule has 0 aromatic carbocycles. The number of likely N-dealkylation sites (tertiary alicyclic amines) is 1. The number of aromatic nitrogens is 4. The third-order valence-electron chi connectivity index (χ3n) is 10.9. The molecule has 13 nitrogen and oxygen atoms in total. The molecule has 1 unspecified atom stereocenters. The zero-order valence-corrected chi connectivity index (χ0v) is 27.6. The van der Waals surface area contributed by atoms with E-state index in [-0.39, 0.29) is 42.7 Å². The van der Waals surface area contributed by atoms with Gasteiger partial charge in [-0.25, -0.2) is 14.8 Å². The van der Waals surface area contributed by atoms with Gasteiger partial charge < -0.3 is 35.3 Å². The van der Waals surface area contributed by atoms with Crippen molar-refractivity contribution >= 4 is 34.6 Å². The number of carbonyl (C=O) groups excluding carboxylic acids is 2. The van der Waals surface area contributed by atoms with Crippen LogP contribution in [0.3, 0.4) is 0 Å². The van der Waals surface area contributed by atoms with Crippen molar-refractivity contribution in [2.24, 2.45) is 17.6 Å². The Labute approximate surface area is 278 Å². The van der Waals surface area contributed by atoms with Gasteiger partial charge in [0.05, 0.1) is 36.2 Å². The van der Waals surface area contributed by atoms with E-state index in [0.29, 0.717) is 36.0 Å². The highest BCUT2D eigenvalue weighted by molar-refractivity contribution is 5.97.